The maximum atomic E-state index is 12.4. The standard InChI is InChI=1S/3C7H6O4.Al/c3*8-5-2-1-4(7(10)11)3-6(5)9;/h3*1-3,8-9H,(H,10,11);/q;;;+3/p-3. The molecule has 0 radical (unpaired) electrons. The number of aromatic hydroxyl groups is 6. The molecule has 0 saturated carbocycles. The minimum absolute atomic E-state index is 0.274. The van der Waals surface area contributed by atoms with Crippen LogP contribution in [0.15, 0.2) is 54.6 Å². The van der Waals surface area contributed by atoms with Crippen molar-refractivity contribution in [2.45, 2.75) is 0 Å². The maximum absolute atomic E-state index is 12.4. The quantitative estimate of drug-likeness (QED) is 0.218. The number of hydrogen-bond donors (Lipinski definition) is 6. The van der Waals surface area contributed by atoms with Gasteiger partial charge in [0.2, 0.25) is 0 Å². The van der Waals surface area contributed by atoms with Crippen LogP contribution in [-0.2, 0) is 11.4 Å². The summed E-state index contributed by atoms with van der Waals surface area (Å²) in [5.41, 5.74) is -0.821. The summed E-state index contributed by atoms with van der Waals surface area (Å²) in [6, 6.07) is 8.85. The molecule has 0 bridgehead atoms. The van der Waals surface area contributed by atoms with Gasteiger partial charge >= 0.3 is 33.1 Å². The van der Waals surface area contributed by atoms with E-state index in [1.165, 1.54) is 0 Å². The Morgan fingerprint density at radius 3 is 0.971 bits per heavy atom. The highest BCUT2D eigenvalue weighted by atomic mass is 27.3. The van der Waals surface area contributed by atoms with Gasteiger partial charge < -0.3 is 42.0 Å². The Labute approximate surface area is 195 Å². The largest absolute Gasteiger partial charge is 1.20 e. The maximum Gasteiger partial charge on any atom is 1.20 e. The summed E-state index contributed by atoms with van der Waals surface area (Å²) in [6.07, 6.45) is 0. The zero-order valence-corrected chi connectivity index (χ0v) is 18.1. The predicted octanol–water partition coefficient (Wildman–Crippen LogP) is 1.78. The number of carbonyl (C=O) groups excluding carboxylic acids is 3. The molecule has 0 saturated heterocycles. The van der Waals surface area contributed by atoms with E-state index in [1.807, 2.05) is 0 Å². The molecule has 0 heterocycles. The summed E-state index contributed by atoms with van der Waals surface area (Å²) in [4.78, 5) is 37.3. The van der Waals surface area contributed by atoms with Gasteiger partial charge in [-0.15, -0.1) is 0 Å². The Hall–Kier alpha value is -4.60. The number of phenols is 6. The Morgan fingerprint density at radius 2 is 0.735 bits per heavy atom. The third-order valence-corrected chi connectivity index (χ3v) is 5.46. The van der Waals surface area contributed by atoms with Gasteiger partial charge in [0.25, 0.3) is 0 Å². The molecule has 3 aromatic rings. The number of carbonyl (C=O) groups is 3. The Kier molecular flexibility index (Phi) is 7.01. The van der Waals surface area contributed by atoms with Crippen molar-refractivity contribution in [1.82, 2.24) is 0 Å². The average Bonchev–Trinajstić information content (AvgIpc) is 2.79. The van der Waals surface area contributed by atoms with Crippen molar-refractivity contribution in [3.8, 4) is 34.5 Å². The highest BCUT2D eigenvalue weighted by Gasteiger charge is 2.50. The van der Waals surface area contributed by atoms with Crippen molar-refractivity contribution < 1.29 is 56.4 Å². The number of hydrogen-bond acceptors (Lipinski definition) is 12. The molecule has 12 nitrogen and oxygen atoms in total. The van der Waals surface area contributed by atoms with Crippen molar-refractivity contribution >= 4 is 33.1 Å². The minimum atomic E-state index is -3.98. The smallest absolute Gasteiger partial charge is 0.547 e. The lowest BCUT2D eigenvalue weighted by atomic mass is 10.2. The van der Waals surface area contributed by atoms with Crippen LogP contribution in [0.3, 0.4) is 0 Å². The molecule has 0 aliphatic carbocycles. The van der Waals surface area contributed by atoms with Crippen LogP contribution in [-0.4, -0.2) is 63.7 Å². The topological polar surface area (TPSA) is 200 Å². The fourth-order valence-electron chi connectivity index (χ4n) is 2.49. The predicted molar refractivity (Wildman–Crippen MR) is 111 cm³/mol. The van der Waals surface area contributed by atoms with E-state index in [0.717, 1.165) is 54.6 Å². The van der Waals surface area contributed by atoms with E-state index >= 15 is 0 Å². The summed E-state index contributed by atoms with van der Waals surface area (Å²) >= 11 is -3.98. The SMILES string of the molecule is O=C([O][Al]([O]C(=O)c1ccc(O)c(O)c1)[O]C(=O)c1ccc(O)c(O)c1)c1ccc(O)c(O)c1. The molecular weight excluding hydrogens is 471 g/mol. The van der Waals surface area contributed by atoms with Crippen LogP contribution in [0.4, 0.5) is 0 Å². The molecule has 174 valence electrons. The van der Waals surface area contributed by atoms with Gasteiger partial charge in [-0.2, -0.15) is 0 Å². The Bertz CT molecular complexity index is 1120. The van der Waals surface area contributed by atoms with Gasteiger partial charge in [0, 0.05) is 0 Å². The molecule has 0 aliphatic rings. The molecule has 0 spiro atoms. The van der Waals surface area contributed by atoms with Gasteiger partial charge in [-0.3, -0.25) is 0 Å². The van der Waals surface area contributed by atoms with Gasteiger partial charge in [0.05, 0.1) is 16.7 Å². The van der Waals surface area contributed by atoms with Crippen LogP contribution < -0.4 is 0 Å². The fraction of sp³-hybridized carbons (Fsp3) is 0. The second-order valence-corrected chi connectivity index (χ2v) is 7.90. The van der Waals surface area contributed by atoms with Crippen molar-refractivity contribution in [3.63, 3.8) is 0 Å². The molecule has 0 aromatic heterocycles. The molecule has 3 rings (SSSR count). The minimum Gasteiger partial charge on any atom is -0.547 e. The van der Waals surface area contributed by atoms with Crippen LogP contribution in [0.5, 0.6) is 34.5 Å². The first-order valence-electron chi connectivity index (χ1n) is 9.24. The van der Waals surface area contributed by atoms with Crippen LogP contribution in [0.25, 0.3) is 0 Å². The van der Waals surface area contributed by atoms with Crippen molar-refractivity contribution in [3.05, 3.63) is 71.3 Å². The summed E-state index contributed by atoms with van der Waals surface area (Å²) in [5.74, 6) is -6.96. The normalized spacial score (nSPS) is 10.2. The Balaban J connectivity index is 1.84. The molecule has 0 fully saturated rings. The fourth-order valence-corrected chi connectivity index (χ4v) is 3.57. The molecule has 6 N–H and O–H groups in total. The second kappa shape index (κ2) is 9.90. The lowest BCUT2D eigenvalue weighted by molar-refractivity contribution is 0.0409. The first-order valence-corrected chi connectivity index (χ1v) is 10.7. The Morgan fingerprint density at radius 1 is 0.471 bits per heavy atom. The van der Waals surface area contributed by atoms with Crippen molar-refractivity contribution in [2.24, 2.45) is 0 Å². The molecule has 0 amide bonds. The van der Waals surface area contributed by atoms with Gasteiger partial charge in [0.15, 0.2) is 34.5 Å². The summed E-state index contributed by atoms with van der Waals surface area (Å²) < 4.78 is 15.1. The number of rotatable bonds is 6. The summed E-state index contributed by atoms with van der Waals surface area (Å²) in [7, 11) is 0. The molecule has 13 heteroatoms. The van der Waals surface area contributed by atoms with Crippen LogP contribution in [0, 0.1) is 0 Å². The van der Waals surface area contributed by atoms with E-state index < -0.39 is 67.6 Å². The van der Waals surface area contributed by atoms with E-state index in [-0.39, 0.29) is 16.7 Å². The van der Waals surface area contributed by atoms with E-state index in [2.05, 4.69) is 0 Å². The molecule has 0 aliphatic heterocycles. The van der Waals surface area contributed by atoms with Gasteiger partial charge in [-0.25, -0.2) is 14.4 Å². The third kappa shape index (κ3) is 5.60. The van der Waals surface area contributed by atoms with Crippen LogP contribution >= 0.6 is 0 Å². The van der Waals surface area contributed by atoms with Crippen molar-refractivity contribution in [1.29, 1.82) is 0 Å². The van der Waals surface area contributed by atoms with Gasteiger partial charge in [0.1, 0.15) is 0 Å². The molecule has 3 aromatic carbocycles. The first kappa shape index (κ1) is 24.1. The zero-order chi connectivity index (χ0) is 25.0. The zero-order valence-electron chi connectivity index (χ0n) is 16.9. The van der Waals surface area contributed by atoms with E-state index in [1.54, 1.807) is 0 Å². The molecule has 0 unspecified atom stereocenters. The number of benzene rings is 3. The van der Waals surface area contributed by atoms with Crippen LogP contribution in [0.2, 0.25) is 0 Å². The summed E-state index contributed by atoms with van der Waals surface area (Å²) in [5, 5.41) is 56.8. The average molecular weight is 486 g/mol. The molecule has 0 atom stereocenters. The van der Waals surface area contributed by atoms with Crippen LogP contribution in [0.1, 0.15) is 31.1 Å². The number of phenolic OH excluding ortho intramolecular Hbond substituents is 6. The highest BCUT2D eigenvalue weighted by Crippen LogP contribution is 2.28. The second-order valence-electron chi connectivity index (χ2n) is 6.62. The lowest BCUT2D eigenvalue weighted by Gasteiger charge is -2.14. The lowest BCUT2D eigenvalue weighted by Crippen LogP contribution is -2.35. The molecular formula is C21H15AlO12. The molecule has 34 heavy (non-hydrogen) atoms. The van der Waals surface area contributed by atoms with Gasteiger partial charge in [-0.05, 0) is 54.6 Å². The van der Waals surface area contributed by atoms with Crippen molar-refractivity contribution in [2.75, 3.05) is 0 Å². The third-order valence-electron chi connectivity index (χ3n) is 4.24. The highest BCUT2D eigenvalue weighted by molar-refractivity contribution is 6.45. The monoisotopic (exact) mass is 486 g/mol. The summed E-state index contributed by atoms with van der Waals surface area (Å²) in [6.45, 7) is 0. The first-order chi connectivity index (χ1) is 16.0. The van der Waals surface area contributed by atoms with E-state index in [9.17, 15) is 45.0 Å². The van der Waals surface area contributed by atoms with Gasteiger partial charge in [-0.1, -0.05) is 0 Å². The van der Waals surface area contributed by atoms with E-state index in [0.29, 0.717) is 0 Å². The van der Waals surface area contributed by atoms with E-state index in [4.69, 9.17) is 11.4 Å².